The van der Waals surface area contributed by atoms with Crippen LogP contribution in [0, 0.1) is 6.92 Å². The molecule has 1 rings (SSSR count). The van der Waals surface area contributed by atoms with Crippen LogP contribution in [0.1, 0.15) is 24.6 Å². The van der Waals surface area contributed by atoms with Gasteiger partial charge in [0.1, 0.15) is 0 Å². The Morgan fingerprint density at radius 1 is 1.56 bits per heavy atom. The van der Waals surface area contributed by atoms with Gasteiger partial charge in [-0.2, -0.15) is 5.10 Å². The van der Waals surface area contributed by atoms with Gasteiger partial charge >= 0.3 is 0 Å². The van der Waals surface area contributed by atoms with Crippen molar-refractivity contribution >= 4 is 5.96 Å². The maximum atomic E-state index is 4.50. The van der Waals surface area contributed by atoms with Gasteiger partial charge in [0.25, 0.3) is 0 Å². The van der Waals surface area contributed by atoms with Crippen LogP contribution in [0.3, 0.4) is 0 Å². The molecule has 0 fully saturated rings. The second kappa shape index (κ2) is 8.33. The molecule has 0 saturated heterocycles. The molecule has 0 aromatic carbocycles. The van der Waals surface area contributed by atoms with E-state index in [0.717, 1.165) is 44.1 Å². The number of hydrogen-bond donors (Lipinski definition) is 3. The highest BCUT2D eigenvalue weighted by Crippen LogP contribution is 2.05. The van der Waals surface area contributed by atoms with Gasteiger partial charge in [-0.3, -0.25) is 10.1 Å². The number of nitrogens with zero attached hydrogens (tertiary/aromatic N) is 2. The highest BCUT2D eigenvalue weighted by Gasteiger charge is 1.99. The lowest BCUT2D eigenvalue weighted by Crippen LogP contribution is -2.37. The Morgan fingerprint density at radius 3 is 3.00 bits per heavy atom. The van der Waals surface area contributed by atoms with Crippen LogP contribution in [0.25, 0.3) is 0 Å². The standard InChI is InChI=1S/C13H23N5/c1-4-8-15-13(14-5-2)16-9-6-7-12-10-17-18-11(12)3/h4,10H,1,5-9H2,2-3H3,(H,17,18)(H2,14,15,16). The van der Waals surface area contributed by atoms with E-state index in [4.69, 9.17) is 0 Å². The molecular weight excluding hydrogens is 226 g/mol. The first kappa shape index (κ1) is 14.3. The van der Waals surface area contributed by atoms with Crippen LogP contribution in [0.4, 0.5) is 0 Å². The molecule has 0 atom stereocenters. The summed E-state index contributed by atoms with van der Waals surface area (Å²) in [5.41, 5.74) is 2.42. The van der Waals surface area contributed by atoms with E-state index in [9.17, 15) is 0 Å². The predicted molar refractivity (Wildman–Crippen MR) is 75.8 cm³/mol. The number of hydrogen-bond acceptors (Lipinski definition) is 2. The first-order chi connectivity index (χ1) is 8.77. The second-order valence-corrected chi connectivity index (χ2v) is 4.05. The molecule has 5 nitrogen and oxygen atoms in total. The van der Waals surface area contributed by atoms with Crippen LogP contribution in [-0.2, 0) is 6.42 Å². The number of H-pyrrole nitrogens is 1. The second-order valence-electron chi connectivity index (χ2n) is 4.05. The fraction of sp³-hybridized carbons (Fsp3) is 0.538. The summed E-state index contributed by atoms with van der Waals surface area (Å²) in [4.78, 5) is 4.50. The van der Waals surface area contributed by atoms with Crippen molar-refractivity contribution in [2.24, 2.45) is 4.99 Å². The maximum absolute atomic E-state index is 4.50. The largest absolute Gasteiger partial charge is 0.357 e. The molecule has 3 N–H and O–H groups in total. The van der Waals surface area contributed by atoms with Gasteiger partial charge in [0.15, 0.2) is 5.96 Å². The Labute approximate surface area is 109 Å². The SMILES string of the molecule is C=CCNC(=NCCCc1cn[nH]c1C)NCC. The van der Waals surface area contributed by atoms with Gasteiger partial charge in [0, 0.05) is 25.3 Å². The molecule has 0 unspecified atom stereocenters. The summed E-state index contributed by atoms with van der Waals surface area (Å²) in [5.74, 6) is 0.848. The van der Waals surface area contributed by atoms with Crippen molar-refractivity contribution in [3.8, 4) is 0 Å². The van der Waals surface area contributed by atoms with Crippen LogP contribution in [-0.4, -0.2) is 35.8 Å². The quantitative estimate of drug-likeness (QED) is 0.296. The number of aromatic nitrogens is 2. The minimum Gasteiger partial charge on any atom is -0.357 e. The molecular formula is C13H23N5. The molecule has 0 radical (unpaired) electrons. The average molecular weight is 249 g/mol. The van der Waals surface area contributed by atoms with Gasteiger partial charge < -0.3 is 10.6 Å². The molecule has 0 aliphatic heterocycles. The lowest BCUT2D eigenvalue weighted by Gasteiger charge is -2.09. The Hall–Kier alpha value is -1.78. The smallest absolute Gasteiger partial charge is 0.191 e. The number of aromatic amines is 1. The lowest BCUT2D eigenvalue weighted by atomic mass is 10.1. The molecule has 1 aromatic heterocycles. The number of aliphatic imine (C=N–C) groups is 1. The molecule has 100 valence electrons. The Kier molecular flexibility index (Phi) is 6.61. The van der Waals surface area contributed by atoms with Gasteiger partial charge in [-0.05, 0) is 32.3 Å². The highest BCUT2D eigenvalue weighted by atomic mass is 15.2. The topological polar surface area (TPSA) is 65.1 Å². The van der Waals surface area contributed by atoms with E-state index in [2.05, 4.69) is 39.3 Å². The summed E-state index contributed by atoms with van der Waals surface area (Å²) in [7, 11) is 0. The maximum Gasteiger partial charge on any atom is 0.191 e. The summed E-state index contributed by atoms with van der Waals surface area (Å²) >= 11 is 0. The van der Waals surface area contributed by atoms with E-state index < -0.39 is 0 Å². The van der Waals surface area contributed by atoms with Crippen LogP contribution < -0.4 is 10.6 Å². The number of aryl methyl sites for hydroxylation is 2. The molecule has 18 heavy (non-hydrogen) atoms. The monoisotopic (exact) mass is 249 g/mol. The Balaban J connectivity index is 2.31. The van der Waals surface area contributed by atoms with Crippen molar-refractivity contribution in [3.05, 3.63) is 30.1 Å². The molecule has 1 aromatic rings. The molecule has 0 aliphatic rings. The fourth-order valence-corrected chi connectivity index (χ4v) is 1.60. The van der Waals surface area contributed by atoms with Crippen molar-refractivity contribution in [1.82, 2.24) is 20.8 Å². The van der Waals surface area contributed by atoms with Crippen LogP contribution in [0.5, 0.6) is 0 Å². The lowest BCUT2D eigenvalue weighted by molar-refractivity contribution is 0.800. The zero-order valence-electron chi connectivity index (χ0n) is 11.3. The minimum absolute atomic E-state index is 0.729. The zero-order valence-corrected chi connectivity index (χ0v) is 11.3. The summed E-state index contributed by atoms with van der Waals surface area (Å²) in [5, 5.41) is 13.3. The van der Waals surface area contributed by atoms with E-state index in [-0.39, 0.29) is 0 Å². The summed E-state index contributed by atoms with van der Waals surface area (Å²) < 4.78 is 0. The first-order valence-corrected chi connectivity index (χ1v) is 6.39. The summed E-state index contributed by atoms with van der Waals surface area (Å²) in [6.07, 6.45) is 5.74. The fourth-order valence-electron chi connectivity index (χ4n) is 1.60. The van der Waals surface area contributed by atoms with E-state index in [1.54, 1.807) is 0 Å². The third kappa shape index (κ3) is 5.03. The normalized spacial score (nSPS) is 11.3. The van der Waals surface area contributed by atoms with Crippen LogP contribution in [0.2, 0.25) is 0 Å². The number of rotatable bonds is 7. The first-order valence-electron chi connectivity index (χ1n) is 6.39. The van der Waals surface area contributed by atoms with Crippen LogP contribution in [0.15, 0.2) is 23.8 Å². The Morgan fingerprint density at radius 2 is 2.39 bits per heavy atom. The van der Waals surface area contributed by atoms with Gasteiger partial charge in [-0.1, -0.05) is 6.08 Å². The molecule has 0 amide bonds. The van der Waals surface area contributed by atoms with Crippen molar-refractivity contribution in [1.29, 1.82) is 0 Å². The average Bonchev–Trinajstić information content (AvgIpc) is 2.77. The minimum atomic E-state index is 0.729. The third-order valence-corrected chi connectivity index (χ3v) is 2.57. The summed E-state index contributed by atoms with van der Waals surface area (Å²) in [6.45, 7) is 10.2. The molecule has 1 heterocycles. The van der Waals surface area contributed by atoms with Crippen molar-refractivity contribution in [2.45, 2.75) is 26.7 Å². The molecule has 0 spiro atoms. The van der Waals surface area contributed by atoms with Crippen molar-refractivity contribution < 1.29 is 0 Å². The zero-order chi connectivity index (χ0) is 13.2. The highest BCUT2D eigenvalue weighted by molar-refractivity contribution is 5.79. The third-order valence-electron chi connectivity index (χ3n) is 2.57. The molecule has 0 aliphatic carbocycles. The van der Waals surface area contributed by atoms with Crippen LogP contribution >= 0.6 is 0 Å². The number of nitrogens with one attached hydrogen (secondary N) is 3. The van der Waals surface area contributed by atoms with E-state index >= 15 is 0 Å². The molecule has 5 heteroatoms. The number of guanidine groups is 1. The molecule has 0 bridgehead atoms. The van der Waals surface area contributed by atoms with E-state index in [1.165, 1.54) is 5.56 Å². The van der Waals surface area contributed by atoms with E-state index in [1.807, 2.05) is 19.2 Å². The van der Waals surface area contributed by atoms with Gasteiger partial charge in [-0.25, -0.2) is 0 Å². The van der Waals surface area contributed by atoms with Gasteiger partial charge in [0.05, 0.1) is 6.20 Å². The van der Waals surface area contributed by atoms with E-state index in [0.29, 0.717) is 0 Å². The summed E-state index contributed by atoms with van der Waals surface area (Å²) in [6, 6.07) is 0. The van der Waals surface area contributed by atoms with Gasteiger partial charge in [0.2, 0.25) is 0 Å². The van der Waals surface area contributed by atoms with Crippen molar-refractivity contribution in [3.63, 3.8) is 0 Å². The molecule has 0 saturated carbocycles. The Bertz CT molecular complexity index is 380. The predicted octanol–water partition coefficient (Wildman–Crippen LogP) is 1.39. The van der Waals surface area contributed by atoms with Gasteiger partial charge in [-0.15, -0.1) is 6.58 Å². The van der Waals surface area contributed by atoms with Crippen molar-refractivity contribution in [2.75, 3.05) is 19.6 Å².